The summed E-state index contributed by atoms with van der Waals surface area (Å²) in [5.74, 6) is -3.50. The minimum Gasteiger partial charge on any atom is -0.481 e. The fourth-order valence-electron chi connectivity index (χ4n) is 1.67. The molecule has 1 aliphatic rings. The lowest BCUT2D eigenvalue weighted by molar-refractivity contribution is -0.138. The van der Waals surface area contributed by atoms with Crippen molar-refractivity contribution in [1.82, 2.24) is 0 Å². The number of benzene rings is 1. The lowest BCUT2D eigenvalue weighted by Crippen LogP contribution is -2.01. The third-order valence-corrected chi connectivity index (χ3v) is 2.94. The lowest BCUT2D eigenvalue weighted by atomic mass is 10.1. The molecular formula is C10H7ClF2O2. The van der Waals surface area contributed by atoms with E-state index in [0.717, 1.165) is 12.1 Å². The van der Waals surface area contributed by atoms with Crippen LogP contribution in [-0.2, 0) is 4.79 Å². The summed E-state index contributed by atoms with van der Waals surface area (Å²) in [5.41, 5.74) is -0.0101. The summed E-state index contributed by atoms with van der Waals surface area (Å²) in [6.07, 6.45) is 0.315. The average molecular weight is 233 g/mol. The van der Waals surface area contributed by atoms with E-state index in [2.05, 4.69) is 0 Å². The van der Waals surface area contributed by atoms with Crippen LogP contribution in [-0.4, -0.2) is 11.1 Å². The van der Waals surface area contributed by atoms with Crippen molar-refractivity contribution in [2.24, 2.45) is 5.92 Å². The van der Waals surface area contributed by atoms with Gasteiger partial charge in [0.25, 0.3) is 0 Å². The van der Waals surface area contributed by atoms with Gasteiger partial charge in [-0.05, 0) is 18.6 Å². The topological polar surface area (TPSA) is 37.3 Å². The molecule has 0 aliphatic heterocycles. The van der Waals surface area contributed by atoms with Crippen molar-refractivity contribution in [3.8, 4) is 0 Å². The number of aliphatic carboxylic acids is 1. The second kappa shape index (κ2) is 3.45. The fourth-order valence-corrected chi connectivity index (χ4v) is 1.96. The SMILES string of the molecule is O=C(O)C1CC1c1c(F)ccc(F)c1Cl. The van der Waals surface area contributed by atoms with Crippen LogP contribution in [0, 0.1) is 17.6 Å². The van der Waals surface area contributed by atoms with Crippen LogP contribution in [0.1, 0.15) is 17.9 Å². The fraction of sp³-hybridized carbons (Fsp3) is 0.300. The van der Waals surface area contributed by atoms with Crippen molar-refractivity contribution in [2.75, 3.05) is 0 Å². The van der Waals surface area contributed by atoms with Crippen molar-refractivity contribution in [3.05, 3.63) is 34.4 Å². The van der Waals surface area contributed by atoms with Crippen LogP contribution in [0.4, 0.5) is 8.78 Å². The summed E-state index contributed by atoms with van der Waals surface area (Å²) in [6.45, 7) is 0. The summed E-state index contributed by atoms with van der Waals surface area (Å²) in [5, 5.41) is 8.37. The molecule has 2 rings (SSSR count). The van der Waals surface area contributed by atoms with E-state index >= 15 is 0 Å². The first-order valence-electron chi connectivity index (χ1n) is 4.38. The zero-order valence-electron chi connectivity index (χ0n) is 7.51. The summed E-state index contributed by atoms with van der Waals surface area (Å²) >= 11 is 5.60. The molecule has 0 aromatic heterocycles. The molecular weight excluding hydrogens is 226 g/mol. The molecule has 5 heteroatoms. The van der Waals surface area contributed by atoms with Gasteiger partial charge in [0.1, 0.15) is 11.6 Å². The van der Waals surface area contributed by atoms with Crippen molar-refractivity contribution in [2.45, 2.75) is 12.3 Å². The molecule has 0 radical (unpaired) electrons. The maximum atomic E-state index is 13.3. The highest BCUT2D eigenvalue weighted by molar-refractivity contribution is 6.31. The molecule has 0 spiro atoms. The third kappa shape index (κ3) is 1.69. The van der Waals surface area contributed by atoms with Gasteiger partial charge in [0, 0.05) is 11.5 Å². The quantitative estimate of drug-likeness (QED) is 0.796. The van der Waals surface area contributed by atoms with Crippen LogP contribution in [0.25, 0.3) is 0 Å². The minimum atomic E-state index is -1.00. The second-order valence-corrected chi connectivity index (χ2v) is 3.92. The number of hydrogen-bond acceptors (Lipinski definition) is 1. The van der Waals surface area contributed by atoms with E-state index in [0.29, 0.717) is 6.42 Å². The molecule has 1 aliphatic carbocycles. The molecule has 1 fully saturated rings. The first-order chi connectivity index (χ1) is 7.02. The number of halogens is 3. The van der Waals surface area contributed by atoms with Crippen molar-refractivity contribution in [1.29, 1.82) is 0 Å². The zero-order chi connectivity index (χ0) is 11.2. The Kier molecular flexibility index (Phi) is 2.38. The molecule has 1 aromatic carbocycles. The van der Waals surface area contributed by atoms with Crippen LogP contribution in [0.2, 0.25) is 5.02 Å². The van der Waals surface area contributed by atoms with Gasteiger partial charge < -0.3 is 5.11 Å². The molecule has 1 saturated carbocycles. The van der Waals surface area contributed by atoms with Gasteiger partial charge in [0.15, 0.2) is 0 Å². The standard InChI is InChI=1S/C10H7ClF2O2/c11-9-7(13)2-1-6(12)8(9)4-3-5(4)10(14)15/h1-2,4-5H,3H2,(H,14,15). The Bertz CT molecular complexity index is 434. The van der Waals surface area contributed by atoms with Gasteiger partial charge in [0.05, 0.1) is 10.9 Å². The first kappa shape index (κ1) is 10.4. The molecule has 0 saturated heterocycles. The predicted octanol–water partition coefficient (Wildman–Crippen LogP) is 2.81. The summed E-state index contributed by atoms with van der Waals surface area (Å²) in [6, 6.07) is 1.90. The van der Waals surface area contributed by atoms with E-state index in [-0.39, 0.29) is 10.6 Å². The number of carbonyl (C=O) groups is 1. The molecule has 0 heterocycles. The highest BCUT2D eigenvalue weighted by Crippen LogP contribution is 2.50. The van der Waals surface area contributed by atoms with E-state index in [1.165, 1.54) is 0 Å². The van der Waals surface area contributed by atoms with E-state index in [1.807, 2.05) is 0 Å². The average Bonchev–Trinajstić information content (AvgIpc) is 2.92. The highest BCUT2D eigenvalue weighted by atomic mass is 35.5. The van der Waals surface area contributed by atoms with Crippen LogP contribution in [0.15, 0.2) is 12.1 Å². The van der Waals surface area contributed by atoms with Gasteiger partial charge in [0.2, 0.25) is 0 Å². The molecule has 2 unspecified atom stereocenters. The van der Waals surface area contributed by atoms with Crippen LogP contribution >= 0.6 is 11.6 Å². The van der Waals surface area contributed by atoms with E-state index in [1.54, 1.807) is 0 Å². The number of hydrogen-bond donors (Lipinski definition) is 1. The molecule has 2 nitrogen and oxygen atoms in total. The van der Waals surface area contributed by atoms with E-state index in [4.69, 9.17) is 16.7 Å². The molecule has 0 bridgehead atoms. The monoisotopic (exact) mass is 232 g/mol. The molecule has 15 heavy (non-hydrogen) atoms. The Labute approximate surface area is 89.5 Å². The van der Waals surface area contributed by atoms with E-state index < -0.39 is 29.4 Å². The van der Waals surface area contributed by atoms with Gasteiger partial charge in [-0.25, -0.2) is 8.78 Å². The first-order valence-corrected chi connectivity index (χ1v) is 4.76. The summed E-state index contributed by atoms with van der Waals surface area (Å²) in [4.78, 5) is 10.6. The normalized spacial score (nSPS) is 23.9. The van der Waals surface area contributed by atoms with Crippen molar-refractivity contribution < 1.29 is 18.7 Å². The molecule has 1 N–H and O–H groups in total. The number of carboxylic acids is 1. The smallest absolute Gasteiger partial charge is 0.307 e. The third-order valence-electron chi connectivity index (χ3n) is 2.56. The Morgan fingerprint density at radius 1 is 1.40 bits per heavy atom. The van der Waals surface area contributed by atoms with Gasteiger partial charge in [-0.3, -0.25) is 4.79 Å². The number of carboxylic acid groups (broad SMARTS) is 1. The molecule has 80 valence electrons. The van der Waals surface area contributed by atoms with Crippen LogP contribution in [0.5, 0.6) is 0 Å². The van der Waals surface area contributed by atoms with Gasteiger partial charge in [-0.1, -0.05) is 11.6 Å². The van der Waals surface area contributed by atoms with Crippen LogP contribution < -0.4 is 0 Å². The second-order valence-electron chi connectivity index (χ2n) is 3.54. The van der Waals surface area contributed by atoms with Gasteiger partial charge >= 0.3 is 5.97 Å². The van der Waals surface area contributed by atoms with Gasteiger partial charge in [-0.15, -0.1) is 0 Å². The molecule has 0 amide bonds. The Balaban J connectivity index is 2.38. The molecule has 1 aromatic rings. The lowest BCUT2D eigenvalue weighted by Gasteiger charge is -2.04. The minimum absolute atomic E-state index is 0.0101. The largest absolute Gasteiger partial charge is 0.481 e. The maximum absolute atomic E-state index is 13.3. The van der Waals surface area contributed by atoms with Crippen LogP contribution in [0.3, 0.4) is 0 Å². The zero-order valence-corrected chi connectivity index (χ0v) is 8.26. The van der Waals surface area contributed by atoms with Crippen molar-refractivity contribution >= 4 is 17.6 Å². The summed E-state index contributed by atoms with van der Waals surface area (Å²) < 4.78 is 26.3. The predicted molar refractivity (Wildman–Crippen MR) is 49.9 cm³/mol. The maximum Gasteiger partial charge on any atom is 0.307 e. The molecule has 2 atom stereocenters. The van der Waals surface area contributed by atoms with E-state index in [9.17, 15) is 13.6 Å². The van der Waals surface area contributed by atoms with Gasteiger partial charge in [-0.2, -0.15) is 0 Å². The number of rotatable bonds is 2. The Morgan fingerprint density at radius 3 is 2.53 bits per heavy atom. The Hall–Kier alpha value is -1.16. The summed E-state index contributed by atoms with van der Waals surface area (Å²) in [7, 11) is 0. The Morgan fingerprint density at radius 2 is 2.00 bits per heavy atom. The van der Waals surface area contributed by atoms with Crippen molar-refractivity contribution in [3.63, 3.8) is 0 Å². The highest BCUT2D eigenvalue weighted by Gasteiger charge is 2.46.